The molecule has 0 amide bonds. The molecule has 0 spiro atoms. The maximum atomic E-state index is 10.6. The van der Waals surface area contributed by atoms with Crippen LogP contribution in [0.15, 0.2) is 42.5 Å². The topological polar surface area (TPSA) is 36.0 Å². The van der Waals surface area contributed by atoms with Crippen molar-refractivity contribution < 1.29 is 5.11 Å². The molecule has 1 atom stereocenters. The first-order valence-electron chi connectivity index (χ1n) is 6.89. The highest BCUT2D eigenvalue weighted by atomic mass is 16.3. The van der Waals surface area contributed by atoms with Crippen molar-refractivity contribution in [1.29, 1.82) is 0 Å². The van der Waals surface area contributed by atoms with Crippen molar-refractivity contribution >= 4 is 10.9 Å². The van der Waals surface area contributed by atoms with Crippen molar-refractivity contribution in [3.63, 3.8) is 0 Å². The van der Waals surface area contributed by atoms with Crippen LogP contribution in [0.4, 0.5) is 0 Å². The molecule has 0 bridgehead atoms. The molecule has 3 rings (SSSR count). The number of fused-ring (bicyclic) bond motifs is 1. The van der Waals surface area contributed by atoms with Crippen molar-refractivity contribution in [1.82, 2.24) is 4.98 Å². The van der Waals surface area contributed by atoms with Gasteiger partial charge >= 0.3 is 0 Å². The van der Waals surface area contributed by atoms with Crippen LogP contribution < -0.4 is 0 Å². The molecule has 2 heteroatoms. The number of benzene rings is 2. The summed E-state index contributed by atoms with van der Waals surface area (Å²) in [5.74, 6) is 0. The molecule has 0 radical (unpaired) electrons. The van der Waals surface area contributed by atoms with Crippen LogP contribution in [-0.4, -0.2) is 10.1 Å². The average molecular weight is 265 g/mol. The van der Waals surface area contributed by atoms with Crippen LogP contribution in [0.5, 0.6) is 0 Å². The summed E-state index contributed by atoms with van der Waals surface area (Å²) in [5, 5.41) is 11.8. The number of aliphatic hydroxyl groups excluding tert-OH is 1. The van der Waals surface area contributed by atoms with E-state index in [1.54, 1.807) is 0 Å². The lowest BCUT2D eigenvalue weighted by Crippen LogP contribution is -2.01. The maximum Gasteiger partial charge on any atom is 0.119 e. The van der Waals surface area contributed by atoms with E-state index < -0.39 is 6.10 Å². The molecule has 2 nitrogen and oxygen atoms in total. The standard InChI is InChI=1S/C18H19NO/c1-11-4-7-14(8-5-11)18(20)17-13(3)15-10-12(2)6-9-16(15)19-17/h4-10,18-20H,1-3H3/t18-/m0/s1. The van der Waals surface area contributed by atoms with Gasteiger partial charge in [-0.15, -0.1) is 0 Å². The SMILES string of the molecule is Cc1ccc([C@H](O)c2[nH]c3ccc(C)cc3c2C)cc1. The summed E-state index contributed by atoms with van der Waals surface area (Å²) in [4.78, 5) is 3.35. The van der Waals surface area contributed by atoms with Crippen LogP contribution in [0.3, 0.4) is 0 Å². The summed E-state index contributed by atoms with van der Waals surface area (Å²) in [6.07, 6.45) is -0.608. The third kappa shape index (κ3) is 2.12. The highest BCUT2D eigenvalue weighted by Crippen LogP contribution is 2.30. The Hall–Kier alpha value is -2.06. The summed E-state index contributed by atoms with van der Waals surface area (Å²) < 4.78 is 0. The Morgan fingerprint density at radius 3 is 2.25 bits per heavy atom. The molecule has 0 aliphatic carbocycles. The first-order chi connectivity index (χ1) is 9.56. The van der Waals surface area contributed by atoms with Crippen LogP contribution in [0.1, 0.15) is 34.1 Å². The lowest BCUT2D eigenvalue weighted by atomic mass is 10.0. The highest BCUT2D eigenvalue weighted by Gasteiger charge is 2.17. The normalized spacial score (nSPS) is 12.8. The van der Waals surface area contributed by atoms with Crippen LogP contribution in [0, 0.1) is 20.8 Å². The van der Waals surface area contributed by atoms with E-state index in [-0.39, 0.29) is 0 Å². The van der Waals surface area contributed by atoms with E-state index in [4.69, 9.17) is 0 Å². The van der Waals surface area contributed by atoms with Gasteiger partial charge in [-0.1, -0.05) is 41.5 Å². The van der Waals surface area contributed by atoms with E-state index in [0.29, 0.717) is 0 Å². The fourth-order valence-electron chi connectivity index (χ4n) is 2.65. The molecule has 0 unspecified atom stereocenters. The molecular weight excluding hydrogens is 246 g/mol. The summed E-state index contributed by atoms with van der Waals surface area (Å²) in [6.45, 7) is 6.19. The third-order valence-corrected chi connectivity index (χ3v) is 3.92. The van der Waals surface area contributed by atoms with E-state index in [2.05, 4.69) is 37.0 Å². The zero-order chi connectivity index (χ0) is 14.3. The van der Waals surface area contributed by atoms with Gasteiger partial charge in [-0.3, -0.25) is 0 Å². The second-order valence-electron chi connectivity index (χ2n) is 5.53. The molecular formula is C18H19NO. The van der Waals surface area contributed by atoms with E-state index in [9.17, 15) is 5.11 Å². The van der Waals surface area contributed by atoms with Crippen LogP contribution in [-0.2, 0) is 0 Å². The van der Waals surface area contributed by atoms with Gasteiger partial charge in [0, 0.05) is 10.9 Å². The van der Waals surface area contributed by atoms with Gasteiger partial charge in [0.05, 0.1) is 5.69 Å². The Balaban J connectivity index is 2.09. The molecule has 1 heterocycles. The number of aryl methyl sites for hydroxylation is 3. The molecule has 0 saturated carbocycles. The van der Waals surface area contributed by atoms with Crippen molar-refractivity contribution in [2.24, 2.45) is 0 Å². The number of hydrogen-bond donors (Lipinski definition) is 2. The number of nitrogens with one attached hydrogen (secondary N) is 1. The molecule has 3 aromatic rings. The van der Waals surface area contributed by atoms with Crippen LogP contribution >= 0.6 is 0 Å². The summed E-state index contributed by atoms with van der Waals surface area (Å²) in [5.41, 5.74) is 6.43. The van der Waals surface area contributed by atoms with Gasteiger partial charge in [-0.25, -0.2) is 0 Å². The lowest BCUT2D eigenvalue weighted by Gasteiger charge is -2.11. The maximum absolute atomic E-state index is 10.6. The van der Waals surface area contributed by atoms with Gasteiger partial charge in [0.1, 0.15) is 6.10 Å². The average Bonchev–Trinajstić information content (AvgIpc) is 2.76. The second-order valence-corrected chi connectivity index (χ2v) is 5.53. The molecule has 0 saturated heterocycles. The highest BCUT2D eigenvalue weighted by molar-refractivity contribution is 5.85. The molecule has 0 aliphatic rings. The number of H-pyrrole nitrogens is 1. The first-order valence-corrected chi connectivity index (χ1v) is 6.89. The Kier molecular flexibility index (Phi) is 3.11. The van der Waals surface area contributed by atoms with Gasteiger partial charge < -0.3 is 10.1 Å². The molecule has 2 N–H and O–H groups in total. The molecule has 20 heavy (non-hydrogen) atoms. The number of rotatable bonds is 2. The monoisotopic (exact) mass is 265 g/mol. The van der Waals surface area contributed by atoms with E-state index in [1.807, 2.05) is 31.2 Å². The van der Waals surface area contributed by atoms with E-state index in [0.717, 1.165) is 22.3 Å². The Bertz CT molecular complexity index is 753. The second kappa shape index (κ2) is 4.80. The molecule has 0 aliphatic heterocycles. The number of aliphatic hydroxyl groups is 1. The number of aromatic amines is 1. The minimum Gasteiger partial charge on any atom is -0.382 e. The fourth-order valence-corrected chi connectivity index (χ4v) is 2.65. The summed E-state index contributed by atoms with van der Waals surface area (Å²) in [7, 11) is 0. The number of aromatic nitrogens is 1. The lowest BCUT2D eigenvalue weighted by molar-refractivity contribution is 0.215. The minimum atomic E-state index is -0.608. The molecule has 2 aromatic carbocycles. The zero-order valence-electron chi connectivity index (χ0n) is 12.1. The van der Waals surface area contributed by atoms with Gasteiger partial charge in [0.15, 0.2) is 0 Å². The summed E-state index contributed by atoms with van der Waals surface area (Å²) >= 11 is 0. The molecule has 0 fully saturated rings. The van der Waals surface area contributed by atoms with Crippen molar-refractivity contribution in [3.05, 3.63) is 70.4 Å². The van der Waals surface area contributed by atoms with Gasteiger partial charge in [-0.2, -0.15) is 0 Å². The Morgan fingerprint density at radius 2 is 1.55 bits per heavy atom. The van der Waals surface area contributed by atoms with Crippen LogP contribution in [0.25, 0.3) is 10.9 Å². The minimum absolute atomic E-state index is 0.608. The molecule has 102 valence electrons. The van der Waals surface area contributed by atoms with Gasteiger partial charge in [-0.05, 0) is 44.0 Å². The van der Waals surface area contributed by atoms with Crippen molar-refractivity contribution in [2.75, 3.05) is 0 Å². The van der Waals surface area contributed by atoms with Crippen LogP contribution in [0.2, 0.25) is 0 Å². The Labute approximate surface area is 119 Å². The van der Waals surface area contributed by atoms with Gasteiger partial charge in [0.25, 0.3) is 0 Å². The quantitative estimate of drug-likeness (QED) is 0.716. The predicted octanol–water partition coefficient (Wildman–Crippen LogP) is 4.17. The van der Waals surface area contributed by atoms with Gasteiger partial charge in [0.2, 0.25) is 0 Å². The number of hydrogen-bond acceptors (Lipinski definition) is 1. The zero-order valence-corrected chi connectivity index (χ0v) is 12.1. The van der Waals surface area contributed by atoms with Crippen molar-refractivity contribution in [2.45, 2.75) is 26.9 Å². The molecule has 1 aromatic heterocycles. The van der Waals surface area contributed by atoms with E-state index >= 15 is 0 Å². The largest absolute Gasteiger partial charge is 0.382 e. The predicted molar refractivity (Wildman–Crippen MR) is 83.0 cm³/mol. The Morgan fingerprint density at radius 1 is 0.900 bits per heavy atom. The third-order valence-electron chi connectivity index (χ3n) is 3.92. The fraction of sp³-hybridized carbons (Fsp3) is 0.222. The first kappa shape index (κ1) is 12.9. The van der Waals surface area contributed by atoms with Crippen molar-refractivity contribution in [3.8, 4) is 0 Å². The van der Waals surface area contributed by atoms with E-state index in [1.165, 1.54) is 16.5 Å². The summed E-state index contributed by atoms with van der Waals surface area (Å²) in [6, 6.07) is 14.3. The smallest absolute Gasteiger partial charge is 0.119 e.